The van der Waals surface area contributed by atoms with Crippen LogP contribution in [0.15, 0.2) is 24.3 Å². The Kier molecular flexibility index (Phi) is 3.69. The second-order valence-corrected chi connectivity index (χ2v) is 5.38. The van der Waals surface area contributed by atoms with Crippen LogP contribution in [0.3, 0.4) is 0 Å². The molecule has 2 N–H and O–H groups in total. The Morgan fingerprint density at radius 2 is 2.21 bits per heavy atom. The highest BCUT2D eigenvalue weighted by Crippen LogP contribution is 2.22. The van der Waals surface area contributed by atoms with Crippen molar-refractivity contribution in [1.29, 1.82) is 0 Å². The molecule has 1 saturated carbocycles. The van der Waals surface area contributed by atoms with Gasteiger partial charge in [0.15, 0.2) is 0 Å². The Morgan fingerprint density at radius 3 is 3.05 bits per heavy atom. The lowest BCUT2D eigenvalue weighted by Crippen LogP contribution is -2.34. The quantitative estimate of drug-likeness (QED) is 0.856. The zero-order valence-electron chi connectivity index (χ0n) is 11.2. The lowest BCUT2D eigenvalue weighted by atomic mass is 10.1. The first kappa shape index (κ1) is 12.5. The summed E-state index contributed by atoms with van der Waals surface area (Å²) in [5.41, 5.74) is 2.59. The lowest BCUT2D eigenvalue weighted by Gasteiger charge is -2.24. The monoisotopic (exact) mass is 259 g/mol. The van der Waals surface area contributed by atoms with E-state index < -0.39 is 0 Å². The Labute approximate surface area is 114 Å². The second-order valence-electron chi connectivity index (χ2n) is 5.38. The van der Waals surface area contributed by atoms with Gasteiger partial charge in [0.1, 0.15) is 0 Å². The molecule has 0 atom stereocenters. The fourth-order valence-electron chi connectivity index (χ4n) is 2.52. The molecular weight excluding hydrogens is 238 g/mol. The minimum atomic E-state index is 0.192. The second kappa shape index (κ2) is 5.61. The van der Waals surface area contributed by atoms with Gasteiger partial charge >= 0.3 is 0 Å². The van der Waals surface area contributed by atoms with Crippen molar-refractivity contribution in [3.8, 4) is 0 Å². The third-order valence-electron chi connectivity index (χ3n) is 3.76. The summed E-state index contributed by atoms with van der Waals surface area (Å²) in [5.74, 6) is 0.192. The summed E-state index contributed by atoms with van der Waals surface area (Å²) < 4.78 is 0. The molecule has 1 aromatic carbocycles. The zero-order valence-corrected chi connectivity index (χ0v) is 11.2. The van der Waals surface area contributed by atoms with Gasteiger partial charge in [0.2, 0.25) is 5.91 Å². The molecular formula is C15H21N3O. The summed E-state index contributed by atoms with van der Waals surface area (Å²) in [6, 6.07) is 8.92. The Bertz CT molecular complexity index is 456. The number of nitrogens with one attached hydrogen (secondary N) is 2. The number of rotatable bonds is 4. The summed E-state index contributed by atoms with van der Waals surface area (Å²) >= 11 is 0. The average molecular weight is 259 g/mol. The van der Waals surface area contributed by atoms with Crippen LogP contribution in [-0.2, 0) is 11.3 Å². The third-order valence-corrected chi connectivity index (χ3v) is 3.76. The first-order valence-corrected chi connectivity index (χ1v) is 7.16. The number of benzene rings is 1. The highest BCUT2D eigenvalue weighted by molar-refractivity contribution is 5.77. The topological polar surface area (TPSA) is 44.4 Å². The minimum absolute atomic E-state index is 0.192. The summed E-state index contributed by atoms with van der Waals surface area (Å²) in [4.78, 5) is 14.1. The van der Waals surface area contributed by atoms with E-state index in [1.165, 1.54) is 11.3 Å². The van der Waals surface area contributed by atoms with Crippen molar-refractivity contribution in [1.82, 2.24) is 10.6 Å². The molecule has 4 nitrogen and oxygen atoms in total. The maximum atomic E-state index is 11.8. The molecule has 2 aliphatic rings. The van der Waals surface area contributed by atoms with Crippen molar-refractivity contribution in [2.75, 3.05) is 24.5 Å². The van der Waals surface area contributed by atoms with Gasteiger partial charge in [-0.25, -0.2) is 0 Å². The number of fused-ring (bicyclic) bond motifs is 1. The highest BCUT2D eigenvalue weighted by atomic mass is 16.1. The van der Waals surface area contributed by atoms with Crippen LogP contribution in [0, 0.1) is 0 Å². The first-order chi connectivity index (χ1) is 9.33. The van der Waals surface area contributed by atoms with Crippen molar-refractivity contribution < 1.29 is 4.79 Å². The highest BCUT2D eigenvalue weighted by Gasteiger charge is 2.23. The van der Waals surface area contributed by atoms with Crippen LogP contribution < -0.4 is 15.5 Å². The van der Waals surface area contributed by atoms with Gasteiger partial charge in [0, 0.05) is 44.3 Å². The van der Waals surface area contributed by atoms with Crippen molar-refractivity contribution >= 4 is 11.6 Å². The van der Waals surface area contributed by atoms with Crippen LogP contribution in [0.25, 0.3) is 0 Å². The molecule has 0 aromatic heterocycles. The Hall–Kier alpha value is -1.55. The molecule has 1 fully saturated rings. The zero-order chi connectivity index (χ0) is 13.1. The molecule has 0 spiro atoms. The van der Waals surface area contributed by atoms with Gasteiger partial charge in [-0.05, 0) is 24.5 Å². The van der Waals surface area contributed by atoms with E-state index in [-0.39, 0.29) is 5.91 Å². The smallest absolute Gasteiger partial charge is 0.221 e. The SMILES string of the molecule is O=C(CCN1CCNCc2ccccc21)NC1CC1. The molecule has 19 heavy (non-hydrogen) atoms. The van der Waals surface area contributed by atoms with Crippen molar-refractivity contribution in [3.63, 3.8) is 0 Å². The summed E-state index contributed by atoms with van der Waals surface area (Å²) in [5, 5.41) is 6.47. The summed E-state index contributed by atoms with van der Waals surface area (Å²) in [6.07, 6.45) is 2.90. The van der Waals surface area contributed by atoms with Gasteiger partial charge in [0.25, 0.3) is 0 Å². The number of carbonyl (C=O) groups is 1. The molecule has 3 rings (SSSR count). The minimum Gasteiger partial charge on any atom is -0.369 e. The summed E-state index contributed by atoms with van der Waals surface area (Å²) in [7, 11) is 0. The molecule has 0 radical (unpaired) electrons. The molecule has 0 saturated heterocycles. The molecule has 1 aliphatic heterocycles. The molecule has 1 aromatic rings. The molecule has 1 aliphatic carbocycles. The van der Waals surface area contributed by atoms with E-state index in [1.54, 1.807) is 0 Å². The Morgan fingerprint density at radius 1 is 1.37 bits per heavy atom. The maximum absolute atomic E-state index is 11.8. The van der Waals surface area contributed by atoms with Crippen molar-refractivity contribution in [2.24, 2.45) is 0 Å². The fraction of sp³-hybridized carbons (Fsp3) is 0.533. The van der Waals surface area contributed by atoms with E-state index in [1.807, 2.05) is 0 Å². The predicted molar refractivity (Wildman–Crippen MR) is 76.1 cm³/mol. The average Bonchev–Trinajstić information content (AvgIpc) is 3.23. The molecule has 0 bridgehead atoms. The van der Waals surface area contributed by atoms with Crippen LogP contribution in [0.5, 0.6) is 0 Å². The van der Waals surface area contributed by atoms with Gasteiger partial charge in [-0.3, -0.25) is 4.79 Å². The lowest BCUT2D eigenvalue weighted by molar-refractivity contribution is -0.121. The van der Waals surface area contributed by atoms with Gasteiger partial charge in [-0.2, -0.15) is 0 Å². The Balaban J connectivity index is 1.61. The van der Waals surface area contributed by atoms with E-state index in [4.69, 9.17) is 0 Å². The molecule has 0 unspecified atom stereocenters. The van der Waals surface area contributed by atoms with E-state index >= 15 is 0 Å². The number of anilines is 1. The van der Waals surface area contributed by atoms with Crippen LogP contribution in [-0.4, -0.2) is 31.6 Å². The number of para-hydroxylation sites is 1. The third kappa shape index (κ3) is 3.26. The summed E-state index contributed by atoms with van der Waals surface area (Å²) in [6.45, 7) is 3.66. The van der Waals surface area contributed by atoms with E-state index in [0.29, 0.717) is 12.5 Å². The predicted octanol–water partition coefficient (Wildman–Crippen LogP) is 1.26. The molecule has 102 valence electrons. The largest absolute Gasteiger partial charge is 0.369 e. The number of hydrogen-bond acceptors (Lipinski definition) is 3. The van der Waals surface area contributed by atoms with E-state index in [2.05, 4.69) is 39.8 Å². The van der Waals surface area contributed by atoms with E-state index in [9.17, 15) is 4.79 Å². The number of hydrogen-bond donors (Lipinski definition) is 2. The molecule has 4 heteroatoms. The van der Waals surface area contributed by atoms with Gasteiger partial charge in [-0.15, -0.1) is 0 Å². The van der Waals surface area contributed by atoms with E-state index in [0.717, 1.165) is 39.0 Å². The van der Waals surface area contributed by atoms with Gasteiger partial charge < -0.3 is 15.5 Å². The number of nitrogens with zero attached hydrogens (tertiary/aromatic N) is 1. The number of amides is 1. The van der Waals surface area contributed by atoms with Gasteiger partial charge in [0.05, 0.1) is 0 Å². The first-order valence-electron chi connectivity index (χ1n) is 7.16. The normalized spacial score (nSPS) is 18.6. The van der Waals surface area contributed by atoms with Crippen molar-refractivity contribution in [3.05, 3.63) is 29.8 Å². The van der Waals surface area contributed by atoms with Crippen LogP contribution in [0.2, 0.25) is 0 Å². The fourth-order valence-corrected chi connectivity index (χ4v) is 2.52. The standard InChI is InChI=1S/C15H21N3O/c19-15(17-13-5-6-13)7-9-18-10-8-16-11-12-3-1-2-4-14(12)18/h1-4,13,16H,5-11H2,(H,17,19). The molecule has 1 amide bonds. The van der Waals surface area contributed by atoms with Crippen LogP contribution in [0.4, 0.5) is 5.69 Å². The van der Waals surface area contributed by atoms with Crippen molar-refractivity contribution in [2.45, 2.75) is 31.8 Å². The van der Waals surface area contributed by atoms with Crippen LogP contribution >= 0.6 is 0 Å². The molecule has 1 heterocycles. The van der Waals surface area contributed by atoms with Gasteiger partial charge in [-0.1, -0.05) is 18.2 Å². The number of carbonyl (C=O) groups excluding carboxylic acids is 1. The maximum Gasteiger partial charge on any atom is 0.221 e. The van der Waals surface area contributed by atoms with Crippen LogP contribution in [0.1, 0.15) is 24.8 Å².